The van der Waals surface area contributed by atoms with Crippen molar-refractivity contribution < 1.29 is 9.59 Å². The number of amides is 2. The first-order valence-corrected chi connectivity index (χ1v) is 6.93. The van der Waals surface area contributed by atoms with Crippen molar-refractivity contribution in [2.24, 2.45) is 11.3 Å². The molecule has 2 atom stereocenters. The Morgan fingerprint density at radius 2 is 2.16 bits per heavy atom. The highest BCUT2D eigenvalue weighted by Gasteiger charge is 2.55. The summed E-state index contributed by atoms with van der Waals surface area (Å²) in [6.45, 7) is 2.10. The number of carbonyl (C=O) groups is 2. The summed E-state index contributed by atoms with van der Waals surface area (Å²) in [7, 11) is 0. The van der Waals surface area contributed by atoms with Gasteiger partial charge in [-0.1, -0.05) is 25.8 Å². The molecule has 2 aliphatic rings. The second-order valence-corrected chi connectivity index (χ2v) is 5.70. The van der Waals surface area contributed by atoms with Crippen molar-refractivity contribution in [1.29, 1.82) is 0 Å². The molecule has 1 saturated carbocycles. The van der Waals surface area contributed by atoms with E-state index in [1.165, 1.54) is 4.90 Å². The van der Waals surface area contributed by atoms with Crippen molar-refractivity contribution in [3.8, 4) is 0 Å². The number of hydrogen-bond acceptors (Lipinski definition) is 3. The van der Waals surface area contributed by atoms with Crippen LogP contribution < -0.4 is 4.90 Å². The lowest BCUT2D eigenvalue weighted by molar-refractivity contribution is -0.129. The van der Waals surface area contributed by atoms with Crippen molar-refractivity contribution in [1.82, 2.24) is 4.98 Å². The fourth-order valence-electron chi connectivity index (χ4n) is 3.47. The molecule has 1 aliphatic carbocycles. The predicted octanol–water partition coefficient (Wildman–Crippen LogP) is 2.54. The van der Waals surface area contributed by atoms with Crippen LogP contribution in [0, 0.1) is 11.3 Å². The van der Waals surface area contributed by atoms with Crippen LogP contribution in [0.3, 0.4) is 0 Å². The summed E-state index contributed by atoms with van der Waals surface area (Å²) >= 11 is 0. The van der Waals surface area contributed by atoms with Gasteiger partial charge in [0.05, 0.1) is 5.41 Å². The summed E-state index contributed by atoms with van der Waals surface area (Å²) < 4.78 is 0. The minimum Gasteiger partial charge on any atom is -0.274 e. The average Bonchev–Trinajstić information content (AvgIpc) is 2.67. The maximum atomic E-state index is 12.8. The minimum atomic E-state index is -0.465. The molecular formula is C15H18N2O2. The number of aromatic nitrogens is 1. The highest BCUT2D eigenvalue weighted by molar-refractivity contribution is 6.22. The molecule has 2 unspecified atom stereocenters. The predicted molar refractivity (Wildman–Crippen MR) is 71.4 cm³/mol. The zero-order chi connectivity index (χ0) is 13.5. The molecular weight excluding hydrogens is 240 g/mol. The van der Waals surface area contributed by atoms with Gasteiger partial charge in [-0.3, -0.25) is 9.59 Å². The van der Waals surface area contributed by atoms with Crippen LogP contribution in [0.15, 0.2) is 24.4 Å². The van der Waals surface area contributed by atoms with Crippen LogP contribution in [0.4, 0.5) is 5.82 Å². The molecule has 1 aromatic heterocycles. The Bertz CT molecular complexity index is 514. The van der Waals surface area contributed by atoms with E-state index in [4.69, 9.17) is 0 Å². The lowest BCUT2D eigenvalue weighted by Crippen LogP contribution is -2.41. The van der Waals surface area contributed by atoms with Crippen LogP contribution in [-0.4, -0.2) is 16.8 Å². The summed E-state index contributed by atoms with van der Waals surface area (Å²) in [4.78, 5) is 30.5. The van der Waals surface area contributed by atoms with Crippen LogP contribution in [0.5, 0.6) is 0 Å². The van der Waals surface area contributed by atoms with Crippen molar-refractivity contribution in [3.63, 3.8) is 0 Å². The third-order valence-electron chi connectivity index (χ3n) is 4.68. The Morgan fingerprint density at radius 1 is 1.32 bits per heavy atom. The normalized spacial score (nSPS) is 31.2. The molecule has 4 heteroatoms. The second kappa shape index (κ2) is 4.44. The van der Waals surface area contributed by atoms with Crippen LogP contribution in [0.2, 0.25) is 0 Å². The lowest BCUT2D eigenvalue weighted by atomic mass is 9.66. The highest BCUT2D eigenvalue weighted by Crippen LogP contribution is 2.49. The number of nitrogens with zero attached hydrogens (tertiary/aromatic N) is 2. The Morgan fingerprint density at radius 3 is 2.84 bits per heavy atom. The first-order valence-electron chi connectivity index (χ1n) is 6.93. The van der Waals surface area contributed by atoms with Gasteiger partial charge in [0, 0.05) is 12.6 Å². The van der Waals surface area contributed by atoms with E-state index in [1.54, 1.807) is 24.4 Å². The number of carbonyl (C=O) groups excluding carboxylic acids is 2. The summed E-state index contributed by atoms with van der Waals surface area (Å²) in [5.41, 5.74) is -0.465. The van der Waals surface area contributed by atoms with Gasteiger partial charge in [-0.05, 0) is 30.9 Å². The third kappa shape index (κ3) is 1.78. The molecule has 2 heterocycles. The van der Waals surface area contributed by atoms with Crippen molar-refractivity contribution >= 4 is 17.6 Å². The van der Waals surface area contributed by atoms with E-state index in [-0.39, 0.29) is 17.7 Å². The molecule has 3 rings (SSSR count). The topological polar surface area (TPSA) is 50.3 Å². The van der Waals surface area contributed by atoms with E-state index < -0.39 is 5.41 Å². The molecule has 1 spiro atoms. The highest BCUT2D eigenvalue weighted by atomic mass is 16.2. The Balaban J connectivity index is 1.97. The quantitative estimate of drug-likeness (QED) is 0.727. The van der Waals surface area contributed by atoms with Gasteiger partial charge in [-0.15, -0.1) is 0 Å². The first-order chi connectivity index (χ1) is 9.15. The molecule has 1 aliphatic heterocycles. The van der Waals surface area contributed by atoms with Crippen LogP contribution >= 0.6 is 0 Å². The van der Waals surface area contributed by atoms with E-state index in [2.05, 4.69) is 11.9 Å². The van der Waals surface area contributed by atoms with Gasteiger partial charge in [-0.25, -0.2) is 9.88 Å². The van der Waals surface area contributed by atoms with Gasteiger partial charge in [0.25, 0.3) is 0 Å². The van der Waals surface area contributed by atoms with Gasteiger partial charge < -0.3 is 0 Å². The fourth-order valence-corrected chi connectivity index (χ4v) is 3.47. The van der Waals surface area contributed by atoms with Gasteiger partial charge in [-0.2, -0.15) is 0 Å². The van der Waals surface area contributed by atoms with E-state index in [9.17, 15) is 9.59 Å². The number of pyridine rings is 1. The maximum absolute atomic E-state index is 12.8. The first kappa shape index (κ1) is 12.3. The Kier molecular flexibility index (Phi) is 2.88. The van der Waals surface area contributed by atoms with Crippen LogP contribution in [0.1, 0.15) is 39.0 Å². The number of rotatable bonds is 1. The molecule has 0 aromatic carbocycles. The van der Waals surface area contributed by atoms with E-state index in [1.807, 2.05) is 0 Å². The molecule has 19 heavy (non-hydrogen) atoms. The van der Waals surface area contributed by atoms with E-state index >= 15 is 0 Å². The Hall–Kier alpha value is -1.71. The smallest absolute Gasteiger partial charge is 0.241 e. The van der Waals surface area contributed by atoms with Gasteiger partial charge in [0.1, 0.15) is 5.82 Å². The largest absolute Gasteiger partial charge is 0.274 e. The number of anilines is 1. The molecule has 0 radical (unpaired) electrons. The molecule has 2 fully saturated rings. The monoisotopic (exact) mass is 258 g/mol. The summed E-state index contributed by atoms with van der Waals surface area (Å²) in [5.74, 6) is 0.611. The summed E-state index contributed by atoms with van der Waals surface area (Å²) in [5, 5.41) is 0. The number of imide groups is 1. The second-order valence-electron chi connectivity index (χ2n) is 5.70. The van der Waals surface area contributed by atoms with Crippen LogP contribution in [-0.2, 0) is 9.59 Å². The molecule has 0 bridgehead atoms. The molecule has 1 aromatic rings. The SMILES string of the molecule is CC1CCCCC12CC(=O)N(c1ccccn1)C2=O. The number of hydrogen-bond donors (Lipinski definition) is 0. The zero-order valence-electron chi connectivity index (χ0n) is 11.1. The van der Waals surface area contributed by atoms with Crippen molar-refractivity contribution in [3.05, 3.63) is 24.4 Å². The minimum absolute atomic E-state index is 0.0385. The van der Waals surface area contributed by atoms with Gasteiger partial charge in [0.2, 0.25) is 11.8 Å². The molecule has 0 N–H and O–H groups in total. The van der Waals surface area contributed by atoms with E-state index in [0.29, 0.717) is 12.2 Å². The Labute approximate surface area is 112 Å². The van der Waals surface area contributed by atoms with Crippen molar-refractivity contribution in [2.45, 2.75) is 39.0 Å². The van der Waals surface area contributed by atoms with Crippen molar-refractivity contribution in [2.75, 3.05) is 4.90 Å². The molecule has 100 valence electrons. The van der Waals surface area contributed by atoms with E-state index in [0.717, 1.165) is 25.7 Å². The van der Waals surface area contributed by atoms with Gasteiger partial charge in [0.15, 0.2) is 0 Å². The third-order valence-corrected chi connectivity index (χ3v) is 4.68. The molecule has 2 amide bonds. The molecule has 1 saturated heterocycles. The average molecular weight is 258 g/mol. The standard InChI is InChI=1S/C15H18N2O2/c1-11-6-2-4-8-15(11)10-13(18)17(14(15)19)12-7-3-5-9-16-12/h3,5,7,9,11H,2,4,6,8,10H2,1H3. The zero-order valence-corrected chi connectivity index (χ0v) is 11.1. The lowest BCUT2D eigenvalue weighted by Gasteiger charge is -2.36. The maximum Gasteiger partial charge on any atom is 0.241 e. The molecule has 4 nitrogen and oxygen atoms in total. The van der Waals surface area contributed by atoms with Gasteiger partial charge >= 0.3 is 0 Å². The summed E-state index contributed by atoms with van der Waals surface area (Å²) in [6.07, 6.45) is 6.04. The van der Waals surface area contributed by atoms with Crippen LogP contribution in [0.25, 0.3) is 0 Å². The fraction of sp³-hybridized carbons (Fsp3) is 0.533. The summed E-state index contributed by atoms with van der Waals surface area (Å²) in [6, 6.07) is 5.31.